The van der Waals surface area contributed by atoms with Crippen LogP contribution in [0.1, 0.15) is 16.7 Å². The van der Waals surface area contributed by atoms with E-state index in [1.165, 1.54) is 27.1 Å². The Bertz CT molecular complexity index is 1340. The van der Waals surface area contributed by atoms with Gasteiger partial charge in [-0.2, -0.15) is 0 Å². The number of hydrogen-bond acceptors (Lipinski definition) is 4. The second kappa shape index (κ2) is 12.0. The summed E-state index contributed by atoms with van der Waals surface area (Å²) < 4.78 is 22.1. The van der Waals surface area contributed by atoms with Crippen molar-refractivity contribution in [2.45, 2.75) is 60.1 Å². The van der Waals surface area contributed by atoms with Gasteiger partial charge >= 0.3 is 17.1 Å². The summed E-state index contributed by atoms with van der Waals surface area (Å²) in [4.78, 5) is 0. The zero-order chi connectivity index (χ0) is 30.1. The SMILES string of the molecule is Cc1ccc([Si](C)(C)O[Si](C)(O[Si](C)(O[Si](C)(C)c2ccc(C)cc2)c2ccc(O)cc2)c2ccc(C)cc2)cc1. The molecule has 41 heavy (non-hydrogen) atoms. The van der Waals surface area contributed by atoms with Gasteiger partial charge < -0.3 is 17.5 Å². The maximum atomic E-state index is 10.1. The molecule has 216 valence electrons. The Labute approximate surface area is 250 Å². The van der Waals surface area contributed by atoms with Crippen LogP contribution in [0.15, 0.2) is 97.1 Å². The summed E-state index contributed by atoms with van der Waals surface area (Å²) >= 11 is 0. The number of phenolic OH excluding ortho intramolecular Hbond substituents is 1. The molecule has 2 atom stereocenters. The van der Waals surface area contributed by atoms with Crippen LogP contribution in [0.3, 0.4) is 0 Å². The lowest BCUT2D eigenvalue weighted by Gasteiger charge is -2.44. The van der Waals surface area contributed by atoms with E-state index in [4.69, 9.17) is 12.3 Å². The molecular weight excluding hydrogens is 573 g/mol. The maximum Gasteiger partial charge on any atom is 0.350 e. The van der Waals surface area contributed by atoms with Crippen molar-refractivity contribution in [2.24, 2.45) is 0 Å². The third kappa shape index (κ3) is 7.45. The molecular formula is C33H44O4Si4. The van der Waals surface area contributed by atoms with Crippen LogP contribution in [0.2, 0.25) is 39.3 Å². The van der Waals surface area contributed by atoms with E-state index in [0.29, 0.717) is 0 Å². The third-order valence-corrected chi connectivity index (χ3v) is 24.3. The van der Waals surface area contributed by atoms with E-state index in [-0.39, 0.29) is 5.75 Å². The van der Waals surface area contributed by atoms with E-state index in [1.807, 2.05) is 12.1 Å². The average molecular weight is 617 g/mol. The summed E-state index contributed by atoms with van der Waals surface area (Å²) in [5.74, 6) is 0.225. The van der Waals surface area contributed by atoms with Crippen LogP contribution >= 0.6 is 0 Å². The normalized spacial score (nSPS) is 15.2. The van der Waals surface area contributed by atoms with Gasteiger partial charge in [-0.15, -0.1) is 0 Å². The Morgan fingerprint density at radius 1 is 0.390 bits per heavy atom. The van der Waals surface area contributed by atoms with Gasteiger partial charge in [0.15, 0.2) is 0 Å². The van der Waals surface area contributed by atoms with Gasteiger partial charge in [0.2, 0.25) is 16.6 Å². The number of aromatic hydroxyl groups is 1. The molecule has 0 heterocycles. The number of rotatable bonds is 10. The van der Waals surface area contributed by atoms with Gasteiger partial charge in [0, 0.05) is 0 Å². The molecule has 0 amide bonds. The van der Waals surface area contributed by atoms with Crippen molar-refractivity contribution in [2.75, 3.05) is 0 Å². The molecule has 0 bridgehead atoms. The fourth-order valence-electron chi connectivity index (χ4n) is 5.27. The second-order valence-electron chi connectivity index (χ2n) is 12.4. The topological polar surface area (TPSA) is 47.9 Å². The molecule has 0 saturated heterocycles. The minimum Gasteiger partial charge on any atom is -0.508 e. The smallest absolute Gasteiger partial charge is 0.350 e. The lowest BCUT2D eigenvalue weighted by atomic mass is 10.2. The first-order chi connectivity index (χ1) is 19.1. The molecule has 2 unspecified atom stereocenters. The van der Waals surface area contributed by atoms with Crippen LogP contribution in [0.4, 0.5) is 0 Å². The highest BCUT2D eigenvalue weighted by Gasteiger charge is 2.51. The summed E-state index contributed by atoms with van der Waals surface area (Å²) in [7, 11) is -11.0. The largest absolute Gasteiger partial charge is 0.508 e. The van der Waals surface area contributed by atoms with Gasteiger partial charge in [-0.3, -0.25) is 0 Å². The minimum atomic E-state index is -3.11. The van der Waals surface area contributed by atoms with Crippen LogP contribution in [0.5, 0.6) is 5.75 Å². The van der Waals surface area contributed by atoms with Gasteiger partial charge in [-0.1, -0.05) is 102 Å². The van der Waals surface area contributed by atoms with Crippen molar-refractivity contribution in [1.82, 2.24) is 0 Å². The molecule has 4 aromatic carbocycles. The van der Waals surface area contributed by atoms with Gasteiger partial charge in [0.1, 0.15) is 5.75 Å². The molecule has 4 rings (SSSR count). The molecule has 0 aliphatic rings. The van der Waals surface area contributed by atoms with Gasteiger partial charge in [-0.05, 0) is 92.9 Å². The number of benzene rings is 4. The predicted molar refractivity (Wildman–Crippen MR) is 182 cm³/mol. The Balaban J connectivity index is 1.83. The van der Waals surface area contributed by atoms with E-state index < -0.39 is 33.8 Å². The number of phenols is 1. The zero-order valence-electron chi connectivity index (χ0n) is 25.9. The number of hydrogen-bond donors (Lipinski definition) is 1. The summed E-state index contributed by atoms with van der Waals surface area (Å²) in [5, 5.41) is 14.7. The predicted octanol–water partition coefficient (Wildman–Crippen LogP) is 5.85. The van der Waals surface area contributed by atoms with E-state index in [1.54, 1.807) is 12.1 Å². The van der Waals surface area contributed by atoms with Gasteiger partial charge in [0.05, 0.1) is 0 Å². The molecule has 4 aromatic rings. The fourth-order valence-corrected chi connectivity index (χ4v) is 23.4. The van der Waals surface area contributed by atoms with Crippen LogP contribution < -0.4 is 20.7 Å². The Morgan fingerprint density at radius 2 is 0.659 bits per heavy atom. The molecule has 0 saturated carbocycles. The van der Waals surface area contributed by atoms with Crippen molar-refractivity contribution >= 4 is 54.5 Å². The van der Waals surface area contributed by atoms with Crippen LogP contribution in [-0.4, -0.2) is 38.9 Å². The molecule has 1 N–H and O–H groups in total. The highest BCUT2D eigenvalue weighted by Crippen LogP contribution is 2.26. The highest BCUT2D eigenvalue weighted by molar-refractivity contribution is 7.02. The third-order valence-electron chi connectivity index (χ3n) is 7.75. The van der Waals surface area contributed by atoms with Crippen molar-refractivity contribution < 1.29 is 17.5 Å². The Kier molecular flexibility index (Phi) is 9.15. The lowest BCUT2D eigenvalue weighted by molar-refractivity contribution is 0.346. The fraction of sp³-hybridized carbons (Fsp3) is 0.273. The zero-order valence-corrected chi connectivity index (χ0v) is 29.9. The van der Waals surface area contributed by atoms with Crippen LogP contribution in [0.25, 0.3) is 0 Å². The second-order valence-corrected chi connectivity index (χ2v) is 26.9. The quantitative estimate of drug-likeness (QED) is 0.227. The highest BCUT2D eigenvalue weighted by atomic mass is 28.5. The summed E-state index contributed by atoms with van der Waals surface area (Å²) in [6.45, 7) is 19.6. The van der Waals surface area contributed by atoms with Crippen LogP contribution in [0, 0.1) is 20.8 Å². The van der Waals surface area contributed by atoms with E-state index in [0.717, 1.165) is 10.4 Å². The first-order valence-electron chi connectivity index (χ1n) is 14.2. The molecule has 0 radical (unpaired) electrons. The Hall–Kier alpha value is -2.57. The number of aryl methyl sites for hydroxylation is 3. The first kappa shape index (κ1) is 31.4. The van der Waals surface area contributed by atoms with E-state index in [9.17, 15) is 5.11 Å². The molecule has 0 aromatic heterocycles. The maximum absolute atomic E-state index is 10.1. The van der Waals surface area contributed by atoms with E-state index in [2.05, 4.69) is 133 Å². The summed E-state index contributed by atoms with van der Waals surface area (Å²) in [5.41, 5.74) is 3.66. The monoisotopic (exact) mass is 616 g/mol. The summed E-state index contributed by atoms with van der Waals surface area (Å²) in [6, 6.07) is 33.4. The van der Waals surface area contributed by atoms with Gasteiger partial charge in [0.25, 0.3) is 0 Å². The minimum absolute atomic E-state index is 0.225. The van der Waals surface area contributed by atoms with E-state index >= 15 is 0 Å². The summed E-state index contributed by atoms with van der Waals surface area (Å²) in [6.07, 6.45) is 0. The molecule has 0 spiro atoms. The Morgan fingerprint density at radius 3 is 0.976 bits per heavy atom. The molecule has 0 aliphatic carbocycles. The van der Waals surface area contributed by atoms with Gasteiger partial charge in [-0.25, -0.2) is 0 Å². The average Bonchev–Trinajstić information content (AvgIpc) is 2.89. The van der Waals surface area contributed by atoms with Crippen molar-refractivity contribution in [3.8, 4) is 5.75 Å². The molecule has 0 fully saturated rings. The molecule has 4 nitrogen and oxygen atoms in total. The van der Waals surface area contributed by atoms with Crippen LogP contribution in [-0.2, 0) is 12.3 Å². The lowest BCUT2D eigenvalue weighted by Crippen LogP contribution is -2.70. The molecule has 8 heteroatoms. The van der Waals surface area contributed by atoms with Crippen molar-refractivity contribution in [3.05, 3.63) is 114 Å². The van der Waals surface area contributed by atoms with Crippen molar-refractivity contribution in [1.29, 1.82) is 0 Å². The van der Waals surface area contributed by atoms with Crippen molar-refractivity contribution in [3.63, 3.8) is 0 Å². The standard InChI is InChI=1S/C33H44O4Si4/c1-26-10-18-30(19-11-26)38(4,5)35-40(8,32-22-14-28(3)15-23-32)37-41(9,33-24-16-29(34)17-25-33)36-39(6,7)31-20-12-27(2)13-21-31/h10-25,34H,1-9H3. The first-order valence-corrected chi connectivity index (χ1v) is 24.7. The molecule has 0 aliphatic heterocycles.